The van der Waals surface area contributed by atoms with E-state index >= 15 is 0 Å². The summed E-state index contributed by atoms with van der Waals surface area (Å²) in [6, 6.07) is 9.04. The van der Waals surface area contributed by atoms with E-state index in [9.17, 15) is 13.2 Å². The Morgan fingerprint density at radius 3 is 2.52 bits per heavy atom. The maximum absolute atomic E-state index is 13.0. The van der Waals surface area contributed by atoms with Crippen molar-refractivity contribution in [1.29, 1.82) is 0 Å². The fourth-order valence-corrected chi connectivity index (χ4v) is 6.16. The van der Waals surface area contributed by atoms with Crippen LogP contribution in [-0.2, 0) is 10.0 Å². The minimum absolute atomic E-state index is 0.0433. The van der Waals surface area contributed by atoms with E-state index < -0.39 is 10.0 Å². The van der Waals surface area contributed by atoms with Crippen molar-refractivity contribution in [1.82, 2.24) is 9.21 Å². The molecule has 27 heavy (non-hydrogen) atoms. The number of nitrogens with zero attached hydrogens (tertiary/aromatic N) is 2. The molecule has 144 valence electrons. The highest BCUT2D eigenvalue weighted by Gasteiger charge is 2.35. The van der Waals surface area contributed by atoms with Gasteiger partial charge in [-0.1, -0.05) is 25.1 Å². The highest BCUT2D eigenvalue weighted by molar-refractivity contribution is 7.91. The number of rotatable bonds is 3. The molecular formula is C19H22N2O4S2. The van der Waals surface area contributed by atoms with Gasteiger partial charge < -0.3 is 9.64 Å². The molecule has 3 heterocycles. The first-order chi connectivity index (χ1) is 12.9. The number of para-hydroxylation sites is 1. The van der Waals surface area contributed by atoms with Crippen molar-refractivity contribution in [2.24, 2.45) is 0 Å². The van der Waals surface area contributed by atoms with Crippen LogP contribution in [0.2, 0.25) is 0 Å². The van der Waals surface area contributed by atoms with Crippen LogP contribution in [0, 0.1) is 0 Å². The second-order valence-electron chi connectivity index (χ2n) is 6.96. The molecule has 0 spiro atoms. The second-order valence-corrected chi connectivity index (χ2v) is 10.1. The molecule has 4 rings (SSSR count). The SMILES string of the molecule is C[C@@H]1Oc2c(C(=O)N3CCN(S(=O)(=O)c4cccs4)CC3)cccc2[C@H]1C. The van der Waals surface area contributed by atoms with Crippen molar-refractivity contribution in [2.45, 2.75) is 30.1 Å². The van der Waals surface area contributed by atoms with Crippen molar-refractivity contribution in [3.8, 4) is 5.75 Å². The largest absolute Gasteiger partial charge is 0.489 e. The average molecular weight is 407 g/mol. The number of hydrogen-bond acceptors (Lipinski definition) is 5. The van der Waals surface area contributed by atoms with Crippen LogP contribution < -0.4 is 4.74 Å². The molecule has 2 aliphatic rings. The van der Waals surface area contributed by atoms with E-state index in [0.29, 0.717) is 41.7 Å². The molecule has 2 aliphatic heterocycles. The Balaban J connectivity index is 1.49. The topological polar surface area (TPSA) is 66.9 Å². The molecular weight excluding hydrogens is 384 g/mol. The van der Waals surface area contributed by atoms with Crippen LogP contribution in [0.5, 0.6) is 5.75 Å². The smallest absolute Gasteiger partial charge is 0.257 e. The molecule has 1 amide bonds. The van der Waals surface area contributed by atoms with E-state index in [-0.39, 0.29) is 17.9 Å². The monoisotopic (exact) mass is 406 g/mol. The lowest BCUT2D eigenvalue weighted by atomic mass is 9.96. The zero-order valence-electron chi connectivity index (χ0n) is 15.3. The van der Waals surface area contributed by atoms with Crippen LogP contribution in [0.15, 0.2) is 39.9 Å². The third-order valence-corrected chi connectivity index (χ3v) is 8.66. The Labute approximate surface area is 163 Å². The van der Waals surface area contributed by atoms with Crippen LogP contribution >= 0.6 is 11.3 Å². The Bertz CT molecular complexity index is 948. The van der Waals surface area contributed by atoms with E-state index in [2.05, 4.69) is 6.92 Å². The van der Waals surface area contributed by atoms with E-state index in [4.69, 9.17) is 4.74 Å². The number of amides is 1. The first-order valence-corrected chi connectivity index (χ1v) is 11.3. The summed E-state index contributed by atoms with van der Waals surface area (Å²) in [7, 11) is -3.47. The fourth-order valence-electron chi connectivity index (χ4n) is 3.59. The number of ether oxygens (including phenoxy) is 1. The maximum Gasteiger partial charge on any atom is 0.257 e. The Morgan fingerprint density at radius 2 is 1.85 bits per heavy atom. The highest BCUT2D eigenvalue weighted by Crippen LogP contribution is 2.40. The van der Waals surface area contributed by atoms with Gasteiger partial charge in [0.05, 0.1) is 5.56 Å². The molecule has 0 N–H and O–H groups in total. The quantitative estimate of drug-likeness (QED) is 0.786. The first kappa shape index (κ1) is 18.5. The van der Waals surface area contributed by atoms with Gasteiger partial charge >= 0.3 is 0 Å². The summed E-state index contributed by atoms with van der Waals surface area (Å²) >= 11 is 1.21. The summed E-state index contributed by atoms with van der Waals surface area (Å²) in [4.78, 5) is 14.8. The number of thiophene rings is 1. The van der Waals surface area contributed by atoms with Gasteiger partial charge in [0.15, 0.2) is 0 Å². The average Bonchev–Trinajstić information content (AvgIpc) is 3.31. The van der Waals surface area contributed by atoms with E-state index in [1.54, 1.807) is 28.5 Å². The zero-order chi connectivity index (χ0) is 19.2. The predicted octanol–water partition coefficient (Wildman–Crippen LogP) is 2.78. The molecule has 1 aromatic heterocycles. The molecule has 0 saturated carbocycles. The molecule has 2 aromatic rings. The van der Waals surface area contributed by atoms with Gasteiger partial charge in [-0.2, -0.15) is 4.31 Å². The van der Waals surface area contributed by atoms with E-state index in [1.165, 1.54) is 15.6 Å². The van der Waals surface area contributed by atoms with Gasteiger partial charge in [0.2, 0.25) is 0 Å². The molecule has 6 nitrogen and oxygen atoms in total. The minimum atomic E-state index is -3.47. The normalized spacial score (nSPS) is 23.1. The van der Waals surface area contributed by atoms with Crippen LogP contribution in [0.25, 0.3) is 0 Å². The molecule has 0 radical (unpaired) electrons. The van der Waals surface area contributed by atoms with Crippen molar-refractivity contribution in [3.05, 3.63) is 46.8 Å². The van der Waals surface area contributed by atoms with Gasteiger partial charge in [0, 0.05) is 37.7 Å². The standard InChI is InChI=1S/C19H22N2O4S2/c1-13-14(2)25-18-15(13)5-3-6-16(18)19(22)20-8-10-21(11-9-20)27(23,24)17-7-4-12-26-17/h3-7,12-14H,8-11H2,1-2H3/t13-,14-/m0/s1. The number of benzene rings is 1. The summed E-state index contributed by atoms with van der Waals surface area (Å²) in [5.74, 6) is 0.831. The third-order valence-electron chi connectivity index (χ3n) is 5.39. The van der Waals surface area contributed by atoms with Crippen LogP contribution in [0.1, 0.15) is 35.7 Å². The molecule has 8 heteroatoms. The van der Waals surface area contributed by atoms with Gasteiger partial charge in [0.25, 0.3) is 15.9 Å². The minimum Gasteiger partial charge on any atom is -0.489 e. The Morgan fingerprint density at radius 1 is 1.11 bits per heavy atom. The van der Waals surface area contributed by atoms with Gasteiger partial charge in [-0.25, -0.2) is 8.42 Å². The molecule has 2 atom stereocenters. The molecule has 0 unspecified atom stereocenters. The lowest BCUT2D eigenvalue weighted by Crippen LogP contribution is -2.50. The van der Waals surface area contributed by atoms with Gasteiger partial charge in [-0.05, 0) is 24.4 Å². The van der Waals surface area contributed by atoms with Gasteiger partial charge in [0.1, 0.15) is 16.1 Å². The third kappa shape index (κ3) is 3.15. The van der Waals surface area contributed by atoms with Crippen molar-refractivity contribution >= 4 is 27.3 Å². The number of piperazine rings is 1. The molecule has 0 aliphatic carbocycles. The number of fused-ring (bicyclic) bond motifs is 1. The van der Waals surface area contributed by atoms with Gasteiger partial charge in [-0.15, -0.1) is 11.3 Å². The summed E-state index contributed by atoms with van der Waals surface area (Å²) in [6.07, 6.45) is 0.0433. The van der Waals surface area contributed by atoms with Crippen molar-refractivity contribution < 1.29 is 17.9 Å². The summed E-state index contributed by atoms with van der Waals surface area (Å²) in [5, 5.41) is 1.75. The maximum atomic E-state index is 13.0. The number of sulfonamides is 1. The summed E-state index contributed by atoms with van der Waals surface area (Å²) < 4.78 is 33.0. The van der Waals surface area contributed by atoms with Crippen molar-refractivity contribution in [2.75, 3.05) is 26.2 Å². The van der Waals surface area contributed by atoms with Crippen molar-refractivity contribution in [3.63, 3.8) is 0 Å². The Hall–Kier alpha value is -1.90. The predicted molar refractivity (Wildman–Crippen MR) is 104 cm³/mol. The second kappa shape index (κ2) is 6.92. The van der Waals surface area contributed by atoms with E-state index in [1.807, 2.05) is 19.1 Å². The van der Waals surface area contributed by atoms with Crippen LogP contribution in [0.3, 0.4) is 0 Å². The zero-order valence-corrected chi connectivity index (χ0v) is 16.9. The van der Waals surface area contributed by atoms with Crippen LogP contribution in [-0.4, -0.2) is 55.8 Å². The Kier molecular flexibility index (Phi) is 4.73. The number of hydrogen-bond donors (Lipinski definition) is 0. The fraction of sp³-hybridized carbons (Fsp3) is 0.421. The number of carbonyl (C=O) groups excluding carboxylic acids is 1. The van der Waals surface area contributed by atoms with Crippen LogP contribution in [0.4, 0.5) is 0 Å². The lowest BCUT2D eigenvalue weighted by molar-refractivity contribution is 0.0693. The van der Waals surface area contributed by atoms with E-state index in [0.717, 1.165) is 5.56 Å². The summed E-state index contributed by atoms with van der Waals surface area (Å²) in [5.41, 5.74) is 1.63. The molecule has 0 bridgehead atoms. The first-order valence-electron chi connectivity index (χ1n) is 9.02. The molecule has 1 fully saturated rings. The van der Waals surface area contributed by atoms with Gasteiger partial charge in [-0.3, -0.25) is 4.79 Å². The highest BCUT2D eigenvalue weighted by atomic mass is 32.2. The molecule has 1 saturated heterocycles. The summed E-state index contributed by atoms with van der Waals surface area (Å²) in [6.45, 7) is 5.45. The lowest BCUT2D eigenvalue weighted by Gasteiger charge is -2.34. The molecule has 1 aromatic carbocycles. The number of carbonyl (C=O) groups is 1.